The maximum Gasteiger partial charge on any atom is 0.165 e. The van der Waals surface area contributed by atoms with Gasteiger partial charge in [-0.15, -0.1) is 0 Å². The van der Waals surface area contributed by atoms with Crippen molar-refractivity contribution in [3.8, 4) is 6.07 Å². The number of aromatic nitrogens is 1. The van der Waals surface area contributed by atoms with E-state index in [-0.39, 0.29) is 11.6 Å². The van der Waals surface area contributed by atoms with Gasteiger partial charge >= 0.3 is 0 Å². The summed E-state index contributed by atoms with van der Waals surface area (Å²) in [5.41, 5.74) is 0. The van der Waals surface area contributed by atoms with Crippen LogP contribution in [0, 0.1) is 17.1 Å². The molecule has 0 aliphatic carbocycles. The van der Waals surface area contributed by atoms with Gasteiger partial charge in [-0.05, 0) is 12.1 Å². The van der Waals surface area contributed by atoms with Crippen LogP contribution >= 0.6 is 0 Å². The third-order valence-electron chi connectivity index (χ3n) is 2.10. The van der Waals surface area contributed by atoms with E-state index in [1.807, 2.05) is 6.07 Å². The Morgan fingerprint density at radius 1 is 1.56 bits per heavy atom. The molecule has 0 fully saturated rings. The number of ether oxygens (including phenoxy) is 1. The summed E-state index contributed by atoms with van der Waals surface area (Å²) < 4.78 is 18.4. The first-order valence-electron chi connectivity index (χ1n) is 5.01. The van der Waals surface area contributed by atoms with Crippen LogP contribution in [-0.2, 0) is 4.74 Å². The van der Waals surface area contributed by atoms with E-state index in [4.69, 9.17) is 10.00 Å². The topological polar surface area (TPSA) is 49.1 Å². The molecular weight excluding hydrogens is 209 g/mol. The number of halogens is 1. The van der Waals surface area contributed by atoms with Gasteiger partial charge in [-0.1, -0.05) is 0 Å². The van der Waals surface area contributed by atoms with Crippen molar-refractivity contribution in [1.82, 2.24) is 4.98 Å². The van der Waals surface area contributed by atoms with E-state index in [0.717, 1.165) is 0 Å². The number of hydrogen-bond donors (Lipinski definition) is 0. The van der Waals surface area contributed by atoms with Crippen LogP contribution in [-0.4, -0.2) is 31.8 Å². The van der Waals surface area contributed by atoms with Gasteiger partial charge in [-0.25, -0.2) is 9.37 Å². The summed E-state index contributed by atoms with van der Waals surface area (Å²) >= 11 is 0. The smallest absolute Gasteiger partial charge is 0.165 e. The van der Waals surface area contributed by atoms with Crippen molar-refractivity contribution in [3.63, 3.8) is 0 Å². The highest BCUT2D eigenvalue weighted by Gasteiger charge is 2.11. The summed E-state index contributed by atoms with van der Waals surface area (Å²) in [4.78, 5) is 5.68. The predicted octanol–water partition coefficient (Wildman–Crippen LogP) is 1.59. The standard InChI is InChI=1S/C11H14FN3O/c1-16-9-8-15(7-3-5-13)11-10(12)4-2-6-14-11/h2,4,6H,3,7-9H2,1H3. The molecule has 0 spiro atoms. The molecule has 0 amide bonds. The molecular formula is C11H14FN3O. The molecule has 0 N–H and O–H groups in total. The number of nitrogens with zero attached hydrogens (tertiary/aromatic N) is 3. The molecule has 0 saturated carbocycles. The lowest BCUT2D eigenvalue weighted by Crippen LogP contribution is -2.29. The van der Waals surface area contributed by atoms with Crippen molar-refractivity contribution in [2.75, 3.05) is 31.7 Å². The van der Waals surface area contributed by atoms with E-state index in [9.17, 15) is 4.39 Å². The molecule has 1 aromatic rings. The lowest BCUT2D eigenvalue weighted by Gasteiger charge is -2.22. The van der Waals surface area contributed by atoms with Crippen molar-refractivity contribution >= 4 is 5.82 Å². The number of hydrogen-bond acceptors (Lipinski definition) is 4. The highest BCUT2D eigenvalue weighted by Crippen LogP contribution is 2.14. The van der Waals surface area contributed by atoms with E-state index in [2.05, 4.69) is 4.98 Å². The molecule has 1 rings (SSSR count). The van der Waals surface area contributed by atoms with Gasteiger partial charge in [0.15, 0.2) is 11.6 Å². The van der Waals surface area contributed by atoms with E-state index in [1.54, 1.807) is 12.0 Å². The monoisotopic (exact) mass is 223 g/mol. The number of pyridine rings is 1. The fourth-order valence-corrected chi connectivity index (χ4v) is 1.32. The van der Waals surface area contributed by atoms with E-state index in [1.165, 1.54) is 18.3 Å². The van der Waals surface area contributed by atoms with Gasteiger partial charge in [0.25, 0.3) is 0 Å². The van der Waals surface area contributed by atoms with Crippen LogP contribution in [0.15, 0.2) is 18.3 Å². The van der Waals surface area contributed by atoms with E-state index in [0.29, 0.717) is 26.1 Å². The van der Waals surface area contributed by atoms with Crippen LogP contribution in [0.5, 0.6) is 0 Å². The summed E-state index contributed by atoms with van der Waals surface area (Å²) in [5.74, 6) is -0.105. The highest BCUT2D eigenvalue weighted by molar-refractivity contribution is 5.39. The first-order valence-corrected chi connectivity index (χ1v) is 5.01. The molecule has 5 heteroatoms. The van der Waals surface area contributed by atoms with Crippen LogP contribution in [0.3, 0.4) is 0 Å². The van der Waals surface area contributed by atoms with Gasteiger partial charge in [-0.3, -0.25) is 0 Å². The van der Waals surface area contributed by atoms with Gasteiger partial charge in [0.1, 0.15) is 0 Å². The Morgan fingerprint density at radius 3 is 3.00 bits per heavy atom. The first kappa shape index (κ1) is 12.4. The van der Waals surface area contributed by atoms with Crippen molar-refractivity contribution in [2.45, 2.75) is 6.42 Å². The van der Waals surface area contributed by atoms with Crippen LogP contribution in [0.1, 0.15) is 6.42 Å². The van der Waals surface area contributed by atoms with Crippen LogP contribution in [0.25, 0.3) is 0 Å². The molecule has 0 aliphatic rings. The van der Waals surface area contributed by atoms with Crippen molar-refractivity contribution in [1.29, 1.82) is 5.26 Å². The number of anilines is 1. The second-order valence-corrected chi connectivity index (χ2v) is 3.20. The Balaban J connectivity index is 2.75. The summed E-state index contributed by atoms with van der Waals surface area (Å²) in [6.45, 7) is 1.45. The second-order valence-electron chi connectivity index (χ2n) is 3.20. The van der Waals surface area contributed by atoms with Gasteiger partial charge < -0.3 is 9.64 Å². The first-order chi connectivity index (χ1) is 7.79. The SMILES string of the molecule is COCCN(CCC#N)c1ncccc1F. The van der Waals surface area contributed by atoms with E-state index < -0.39 is 0 Å². The zero-order valence-corrected chi connectivity index (χ0v) is 9.19. The largest absolute Gasteiger partial charge is 0.383 e. The third-order valence-corrected chi connectivity index (χ3v) is 2.10. The Hall–Kier alpha value is -1.67. The minimum absolute atomic E-state index is 0.273. The zero-order chi connectivity index (χ0) is 11.8. The van der Waals surface area contributed by atoms with Gasteiger partial charge in [0.2, 0.25) is 0 Å². The summed E-state index contributed by atoms with van der Waals surface area (Å²) in [6, 6.07) is 4.93. The molecule has 16 heavy (non-hydrogen) atoms. The summed E-state index contributed by atoms with van der Waals surface area (Å²) in [6.07, 6.45) is 1.87. The van der Waals surface area contributed by atoms with Gasteiger partial charge in [0, 0.05) is 26.4 Å². The van der Waals surface area contributed by atoms with Crippen LogP contribution in [0.4, 0.5) is 10.2 Å². The number of nitriles is 1. The number of rotatable bonds is 6. The molecule has 86 valence electrons. The lowest BCUT2D eigenvalue weighted by molar-refractivity contribution is 0.205. The summed E-state index contributed by atoms with van der Waals surface area (Å²) in [5, 5.41) is 8.53. The van der Waals surface area contributed by atoms with Crippen molar-refractivity contribution in [2.24, 2.45) is 0 Å². The Labute approximate surface area is 94.3 Å². The molecule has 0 saturated heterocycles. The predicted molar refractivity (Wildman–Crippen MR) is 58.5 cm³/mol. The molecule has 0 aromatic carbocycles. The Bertz CT molecular complexity index is 364. The second kappa shape index (κ2) is 6.75. The zero-order valence-electron chi connectivity index (χ0n) is 9.19. The fourth-order valence-electron chi connectivity index (χ4n) is 1.32. The molecule has 0 bridgehead atoms. The highest BCUT2D eigenvalue weighted by atomic mass is 19.1. The van der Waals surface area contributed by atoms with Crippen LogP contribution < -0.4 is 4.90 Å². The molecule has 0 radical (unpaired) electrons. The minimum atomic E-state index is -0.378. The van der Waals surface area contributed by atoms with Gasteiger partial charge in [0.05, 0.1) is 19.1 Å². The van der Waals surface area contributed by atoms with Crippen molar-refractivity contribution < 1.29 is 9.13 Å². The minimum Gasteiger partial charge on any atom is -0.383 e. The maximum atomic E-state index is 13.5. The van der Waals surface area contributed by atoms with Crippen molar-refractivity contribution in [3.05, 3.63) is 24.1 Å². The van der Waals surface area contributed by atoms with Gasteiger partial charge in [-0.2, -0.15) is 5.26 Å². The normalized spacial score (nSPS) is 9.81. The molecule has 4 nitrogen and oxygen atoms in total. The Kier molecular flexibility index (Phi) is 5.23. The maximum absolute atomic E-state index is 13.5. The third kappa shape index (κ3) is 3.48. The van der Waals surface area contributed by atoms with Crippen LogP contribution in [0.2, 0.25) is 0 Å². The number of methoxy groups -OCH3 is 1. The summed E-state index contributed by atoms with van der Waals surface area (Å²) in [7, 11) is 1.58. The lowest BCUT2D eigenvalue weighted by atomic mass is 10.3. The quantitative estimate of drug-likeness (QED) is 0.734. The average molecular weight is 223 g/mol. The fraction of sp³-hybridized carbons (Fsp3) is 0.455. The average Bonchev–Trinajstić information content (AvgIpc) is 2.31. The Morgan fingerprint density at radius 2 is 2.38 bits per heavy atom. The molecule has 0 unspecified atom stereocenters. The molecule has 0 aliphatic heterocycles. The van der Waals surface area contributed by atoms with E-state index >= 15 is 0 Å². The molecule has 1 aromatic heterocycles. The molecule has 1 heterocycles. The molecule has 0 atom stereocenters.